The van der Waals surface area contributed by atoms with E-state index in [2.05, 4.69) is 27.8 Å². The summed E-state index contributed by atoms with van der Waals surface area (Å²) >= 11 is 0. The number of hydrogen-bond donors (Lipinski definition) is 7. The van der Waals surface area contributed by atoms with E-state index in [9.17, 15) is 80.6 Å². The molecule has 0 aromatic heterocycles. The summed E-state index contributed by atoms with van der Waals surface area (Å²) in [7, 11) is -18.1. The molecule has 3 heterocycles. The van der Waals surface area contributed by atoms with Crippen LogP contribution in [-0.4, -0.2) is 165 Å². The molecule has 492 valence electrons. The van der Waals surface area contributed by atoms with Crippen LogP contribution in [0.5, 0.6) is 11.5 Å². The molecule has 0 bridgehead atoms. The van der Waals surface area contributed by atoms with Crippen LogP contribution in [0.4, 0.5) is 11.4 Å². The Bertz CT molecular complexity index is 3950. The summed E-state index contributed by atoms with van der Waals surface area (Å²) < 4.78 is 147. The predicted molar refractivity (Wildman–Crippen MR) is 333 cm³/mol. The van der Waals surface area contributed by atoms with E-state index in [4.69, 9.17) is 27.2 Å². The van der Waals surface area contributed by atoms with E-state index in [0.717, 1.165) is 0 Å². The Labute approximate surface area is 529 Å². The maximum absolute atomic E-state index is 14.9. The third-order valence-corrected chi connectivity index (χ3v) is 18.0. The molecule has 0 saturated carbocycles. The van der Waals surface area contributed by atoms with Gasteiger partial charge in [0.25, 0.3) is 70.0 Å². The lowest BCUT2D eigenvalue weighted by Crippen LogP contribution is -2.32. The molecule has 0 spiro atoms. The van der Waals surface area contributed by atoms with E-state index in [1.54, 1.807) is 59.8 Å². The maximum atomic E-state index is 14.9. The second-order valence-electron chi connectivity index (χ2n) is 22.4. The normalized spacial score (nSPS) is 15.7. The van der Waals surface area contributed by atoms with Crippen LogP contribution in [0.1, 0.15) is 150 Å². The molecule has 3 aliphatic rings. The fourth-order valence-electron chi connectivity index (χ4n) is 10.8. The molecular weight excluding hydrogens is 1270 g/mol. The number of fused-ring (bicyclic) bond motifs is 2. The predicted octanol–water partition coefficient (Wildman–Crippen LogP) is 4.61. The van der Waals surface area contributed by atoms with Crippen LogP contribution in [0.15, 0.2) is 66.4 Å². The van der Waals surface area contributed by atoms with E-state index in [1.807, 2.05) is 13.8 Å². The van der Waals surface area contributed by atoms with Gasteiger partial charge in [-0.25, -0.2) is 4.79 Å². The molecule has 27 nitrogen and oxygen atoms in total. The number of hydroxylamine groups is 2. The van der Waals surface area contributed by atoms with Crippen molar-refractivity contribution in [2.45, 2.75) is 109 Å². The minimum atomic E-state index is -4.57. The first-order valence-electron chi connectivity index (χ1n) is 28.7. The molecule has 0 unspecified atom stereocenters. The van der Waals surface area contributed by atoms with Gasteiger partial charge in [-0.05, 0) is 82.4 Å². The summed E-state index contributed by atoms with van der Waals surface area (Å²) in [6.45, 7) is 5.59. The second-order valence-corrected chi connectivity index (χ2v) is 28.7. The number of ether oxygens (including phenoxy) is 2. The highest BCUT2D eigenvalue weighted by molar-refractivity contribution is 7.86. The lowest BCUT2D eigenvalue weighted by atomic mass is 9.78. The molecule has 3 aromatic carbocycles. The van der Waals surface area contributed by atoms with Crippen LogP contribution < -0.4 is 30.3 Å². The molecule has 3 aromatic rings. The first kappa shape index (κ1) is 72.1. The summed E-state index contributed by atoms with van der Waals surface area (Å²) in [6.07, 6.45) is 18.3. The van der Waals surface area contributed by atoms with Crippen molar-refractivity contribution in [1.29, 1.82) is 0 Å². The Kier molecular flexibility index (Phi) is 24.1. The highest BCUT2D eigenvalue weighted by Crippen LogP contribution is 2.50. The van der Waals surface area contributed by atoms with Gasteiger partial charge in [0.1, 0.15) is 18.0 Å². The molecule has 0 aliphatic carbocycles. The molecule has 6 rings (SSSR count). The first-order valence-corrected chi connectivity index (χ1v) is 35.2. The molecule has 91 heavy (non-hydrogen) atoms. The van der Waals surface area contributed by atoms with Gasteiger partial charge in [-0.3, -0.25) is 42.2 Å². The lowest BCUT2D eigenvalue weighted by Gasteiger charge is -2.27. The number of imide groups is 1. The Morgan fingerprint density at radius 2 is 1.19 bits per heavy atom. The van der Waals surface area contributed by atoms with Crippen LogP contribution in [0.3, 0.4) is 0 Å². The van der Waals surface area contributed by atoms with Gasteiger partial charge < -0.3 is 35.2 Å². The van der Waals surface area contributed by atoms with E-state index in [-0.39, 0.29) is 109 Å². The summed E-state index contributed by atoms with van der Waals surface area (Å²) in [6, 6.07) is 10.1. The number of nitrogens with zero attached hydrogens (tertiary/aromatic N) is 3. The van der Waals surface area contributed by atoms with E-state index >= 15 is 0 Å². The summed E-state index contributed by atoms with van der Waals surface area (Å²) in [5.41, 5.74) is -0.287. The summed E-state index contributed by atoms with van der Waals surface area (Å²) in [4.78, 5) is 88.0. The smallest absolute Gasteiger partial charge is 0.364 e. The average molecular weight is 1340 g/mol. The van der Waals surface area contributed by atoms with Crippen LogP contribution in [-0.2, 0) is 72.3 Å². The summed E-state index contributed by atoms with van der Waals surface area (Å²) in [5.74, 6) is -2.75. The van der Waals surface area contributed by atoms with Crippen molar-refractivity contribution in [3.8, 4) is 36.2 Å². The molecule has 5 amide bonds. The number of carbonyl (C=O) groups excluding carboxylic acids is 6. The summed E-state index contributed by atoms with van der Waals surface area (Å²) in [5, 5.41) is 8.14. The second kappa shape index (κ2) is 30.4. The van der Waals surface area contributed by atoms with Crippen LogP contribution in [0.25, 0.3) is 0 Å². The Morgan fingerprint density at radius 1 is 0.648 bits per heavy atom. The highest BCUT2D eigenvalue weighted by Gasteiger charge is 2.48. The van der Waals surface area contributed by atoms with Crippen molar-refractivity contribution in [2.24, 2.45) is 0 Å². The first-order chi connectivity index (χ1) is 42.6. The Balaban J connectivity index is 1.44. The standard InChI is InChI=1S/C60H72N6O21S4/c1-7-9-11-13-29-85-47-37-41(58(72)87-66-51(67)23-24-52(66)68)38-48(86-30-14-12-10-8-2)44(47)39-63-56(70)42-19-15-20-45-53(42)59(3,4)49(64(45)27-17-31-88(73,74)75)21-16-22-50-60(5,6)54-43(57(71)62-26-34-91(82,83)84)35-40(55(69)61-25-33-90(79,80)81)36-46(54)65(50)28-18-32-89(76,77)78/h1-2,15-16,19-22,35-38H,9-14,17-18,23-34,39H2,3-6H3,(H6-,61,62,63,69,70,71,73,74,75,76,77,78,79,80,81,82,83,84)/p+1. The minimum absolute atomic E-state index is 0.0275. The van der Waals surface area contributed by atoms with Gasteiger partial charge in [0.2, 0.25) is 5.69 Å². The highest BCUT2D eigenvalue weighted by atomic mass is 32.2. The zero-order chi connectivity index (χ0) is 67.3. The number of hydrogen-bond acceptors (Lipinski definition) is 18. The van der Waals surface area contributed by atoms with Gasteiger partial charge in [-0.15, -0.1) is 29.8 Å². The van der Waals surface area contributed by atoms with Gasteiger partial charge >= 0.3 is 5.97 Å². The molecule has 31 heteroatoms. The van der Waals surface area contributed by atoms with Crippen molar-refractivity contribution in [2.75, 3.05) is 67.3 Å². The third-order valence-electron chi connectivity index (χ3n) is 14.9. The van der Waals surface area contributed by atoms with Crippen molar-refractivity contribution < 1.29 is 99.5 Å². The largest absolute Gasteiger partial charge is 0.493 e. The van der Waals surface area contributed by atoms with Gasteiger partial charge in [-0.1, -0.05) is 26.0 Å². The van der Waals surface area contributed by atoms with Crippen LogP contribution in [0.2, 0.25) is 0 Å². The fraction of sp³-hybridized carbons (Fsp3) is 0.450. The van der Waals surface area contributed by atoms with E-state index < -0.39 is 123 Å². The van der Waals surface area contributed by atoms with Crippen molar-refractivity contribution in [1.82, 2.24) is 21.0 Å². The van der Waals surface area contributed by atoms with Crippen molar-refractivity contribution in [3.63, 3.8) is 0 Å². The number of carbonyl (C=O) groups is 6. The SMILES string of the molecule is C#CCCCCOc1cc(C(=O)ON2C(=O)CCC2=O)cc(OCCCCC#C)c1CNC(=O)c1cccc2c1C(C)(C)C(C=CC=C1N(CCCS(=O)(=O)O)c3cc(C(=O)NCCS(=O)(=O)O)cc(C(=O)NCCS(=O)(=O)O)c3C1(C)C)=[N+]2CCCS(=O)(=O)O. The zero-order valence-corrected chi connectivity index (χ0v) is 53.7. The number of unbranched alkanes of at least 4 members (excludes halogenated alkanes) is 4. The molecule has 1 fully saturated rings. The minimum Gasteiger partial charge on any atom is -0.493 e. The number of rotatable bonds is 33. The number of benzene rings is 3. The number of allylic oxidation sites excluding steroid dienone is 4. The number of nitrogens with one attached hydrogen (secondary N) is 3. The third kappa shape index (κ3) is 19.5. The Morgan fingerprint density at radius 3 is 1.74 bits per heavy atom. The molecule has 0 atom stereocenters. The van der Waals surface area contributed by atoms with Gasteiger partial charge in [-0.2, -0.15) is 38.2 Å². The number of terminal acetylenes is 2. The van der Waals surface area contributed by atoms with Gasteiger partial charge in [0.15, 0.2) is 5.71 Å². The lowest BCUT2D eigenvalue weighted by molar-refractivity contribution is -0.437. The quantitative estimate of drug-likeness (QED) is 0.0144. The Hall–Kier alpha value is -8.01. The van der Waals surface area contributed by atoms with E-state index in [1.165, 1.54) is 24.3 Å². The van der Waals surface area contributed by atoms with Gasteiger partial charge in [0, 0.05) is 97.4 Å². The molecule has 7 N–H and O–H groups in total. The van der Waals surface area contributed by atoms with Crippen LogP contribution >= 0.6 is 0 Å². The average Bonchev–Trinajstić information content (AvgIpc) is 1.59. The monoisotopic (exact) mass is 1340 g/mol. The number of amides is 5. The number of anilines is 1. The molecule has 1 saturated heterocycles. The zero-order valence-electron chi connectivity index (χ0n) is 50.5. The topological polar surface area (TPSA) is 393 Å². The van der Waals surface area contributed by atoms with Crippen molar-refractivity contribution in [3.05, 3.63) is 105 Å². The van der Waals surface area contributed by atoms with E-state index in [0.29, 0.717) is 66.2 Å². The van der Waals surface area contributed by atoms with Gasteiger partial charge in [0.05, 0.1) is 70.4 Å². The molecular formula is C60H73N6O21S4+. The maximum Gasteiger partial charge on any atom is 0.364 e. The van der Waals surface area contributed by atoms with Crippen LogP contribution in [0, 0.1) is 24.7 Å². The fourth-order valence-corrected chi connectivity index (χ4v) is 12.5. The van der Waals surface area contributed by atoms with Crippen molar-refractivity contribution >= 4 is 93.1 Å². The molecule has 3 aliphatic heterocycles. The molecule has 0 radical (unpaired) electrons.